The molecule has 3 saturated heterocycles. The van der Waals surface area contributed by atoms with Gasteiger partial charge in [0.15, 0.2) is 0 Å². The summed E-state index contributed by atoms with van der Waals surface area (Å²) >= 11 is 0. The Morgan fingerprint density at radius 3 is 2.89 bits per heavy atom. The number of rotatable bonds is 3. The van der Waals surface area contributed by atoms with Crippen LogP contribution >= 0.6 is 0 Å². The highest BCUT2D eigenvalue weighted by Gasteiger charge is 2.34. The lowest BCUT2D eigenvalue weighted by Gasteiger charge is -2.25. The zero-order chi connectivity index (χ0) is 13.1. The van der Waals surface area contributed by atoms with E-state index in [0.29, 0.717) is 18.6 Å². The lowest BCUT2D eigenvalue weighted by molar-refractivity contribution is -0.123. The highest BCUT2D eigenvalue weighted by molar-refractivity contribution is 5.78. The van der Waals surface area contributed by atoms with Crippen LogP contribution in [0.5, 0.6) is 0 Å². The van der Waals surface area contributed by atoms with Crippen LogP contribution in [0.25, 0.3) is 0 Å². The molecule has 3 aliphatic heterocycles. The van der Waals surface area contributed by atoms with Crippen LogP contribution in [0.2, 0.25) is 0 Å². The zero-order valence-corrected chi connectivity index (χ0v) is 11.6. The molecule has 3 rings (SSSR count). The van der Waals surface area contributed by atoms with E-state index in [-0.39, 0.29) is 5.91 Å². The Hall–Kier alpha value is -0.650. The monoisotopic (exact) mass is 267 g/mol. The second-order valence-electron chi connectivity index (χ2n) is 6.11. The minimum absolute atomic E-state index is 0.186. The lowest BCUT2D eigenvalue weighted by atomic mass is 9.94. The molecule has 0 saturated carbocycles. The molecule has 0 aromatic carbocycles. The number of nitrogens with one attached hydrogen (secondary N) is 2. The number of hydrogen-bond acceptors (Lipinski definition) is 4. The van der Waals surface area contributed by atoms with Crippen LogP contribution in [0, 0.1) is 5.92 Å². The second-order valence-corrected chi connectivity index (χ2v) is 6.11. The third-order valence-electron chi connectivity index (χ3n) is 4.63. The van der Waals surface area contributed by atoms with E-state index in [0.717, 1.165) is 51.6 Å². The SMILES string of the molecule is O=C(CN1CC2CCCNC2C1)NC1CCOCC1. The fourth-order valence-electron chi connectivity index (χ4n) is 3.58. The summed E-state index contributed by atoms with van der Waals surface area (Å²) < 4.78 is 5.31. The first kappa shape index (κ1) is 13.3. The number of nitrogens with zero attached hydrogens (tertiary/aromatic N) is 1. The lowest BCUT2D eigenvalue weighted by Crippen LogP contribution is -2.44. The van der Waals surface area contributed by atoms with Crippen molar-refractivity contribution in [1.29, 1.82) is 0 Å². The molecule has 5 heteroatoms. The van der Waals surface area contributed by atoms with Gasteiger partial charge in [-0.05, 0) is 38.1 Å². The molecule has 1 amide bonds. The molecule has 19 heavy (non-hydrogen) atoms. The molecule has 0 aromatic rings. The Labute approximate surface area is 115 Å². The second kappa shape index (κ2) is 6.20. The van der Waals surface area contributed by atoms with Gasteiger partial charge in [-0.25, -0.2) is 0 Å². The highest BCUT2D eigenvalue weighted by atomic mass is 16.5. The molecule has 3 aliphatic rings. The number of carbonyl (C=O) groups excluding carboxylic acids is 1. The van der Waals surface area contributed by atoms with Crippen molar-refractivity contribution in [2.45, 2.75) is 37.8 Å². The maximum atomic E-state index is 12.1. The van der Waals surface area contributed by atoms with Crippen molar-refractivity contribution in [2.24, 2.45) is 5.92 Å². The Morgan fingerprint density at radius 1 is 1.26 bits per heavy atom. The molecule has 0 bridgehead atoms. The van der Waals surface area contributed by atoms with Crippen LogP contribution in [0.1, 0.15) is 25.7 Å². The van der Waals surface area contributed by atoms with Gasteiger partial charge in [0.25, 0.3) is 0 Å². The molecule has 0 spiro atoms. The van der Waals surface area contributed by atoms with Crippen molar-refractivity contribution in [2.75, 3.05) is 39.4 Å². The summed E-state index contributed by atoms with van der Waals surface area (Å²) in [5, 5.41) is 6.72. The van der Waals surface area contributed by atoms with Crippen molar-refractivity contribution in [3.63, 3.8) is 0 Å². The van der Waals surface area contributed by atoms with Crippen LogP contribution in [-0.2, 0) is 9.53 Å². The first-order chi connectivity index (χ1) is 9.31. The summed E-state index contributed by atoms with van der Waals surface area (Å²) in [5.74, 6) is 0.940. The third-order valence-corrected chi connectivity index (χ3v) is 4.63. The Balaban J connectivity index is 1.42. The van der Waals surface area contributed by atoms with E-state index in [1.807, 2.05) is 0 Å². The molecule has 5 nitrogen and oxygen atoms in total. The molecule has 108 valence electrons. The average Bonchev–Trinajstić information content (AvgIpc) is 2.81. The predicted molar refractivity (Wildman–Crippen MR) is 72.9 cm³/mol. The van der Waals surface area contributed by atoms with Gasteiger partial charge < -0.3 is 15.4 Å². The standard InChI is InChI=1S/C14H25N3O2/c18-14(16-12-3-6-19-7-4-12)10-17-8-11-2-1-5-15-13(11)9-17/h11-13,15H,1-10H2,(H,16,18). The molecule has 0 aromatic heterocycles. The van der Waals surface area contributed by atoms with Crippen molar-refractivity contribution >= 4 is 5.91 Å². The van der Waals surface area contributed by atoms with Crippen molar-refractivity contribution in [1.82, 2.24) is 15.5 Å². The molecular formula is C14H25N3O2. The van der Waals surface area contributed by atoms with Gasteiger partial charge in [0.2, 0.25) is 5.91 Å². The van der Waals surface area contributed by atoms with E-state index in [1.165, 1.54) is 12.8 Å². The number of piperidine rings is 1. The summed E-state index contributed by atoms with van der Waals surface area (Å²) in [6, 6.07) is 0.939. The minimum atomic E-state index is 0.186. The number of likely N-dealkylation sites (tertiary alicyclic amines) is 1. The number of hydrogen-bond donors (Lipinski definition) is 2. The fraction of sp³-hybridized carbons (Fsp3) is 0.929. The van der Waals surface area contributed by atoms with E-state index in [1.54, 1.807) is 0 Å². The molecule has 2 atom stereocenters. The summed E-state index contributed by atoms with van der Waals surface area (Å²) in [5.41, 5.74) is 0. The Kier molecular flexibility index (Phi) is 4.35. The van der Waals surface area contributed by atoms with Gasteiger partial charge >= 0.3 is 0 Å². The summed E-state index contributed by atoms with van der Waals surface area (Å²) in [6.07, 6.45) is 4.51. The number of ether oxygens (including phenoxy) is 1. The normalized spacial score (nSPS) is 33.1. The number of carbonyl (C=O) groups is 1. The van der Waals surface area contributed by atoms with E-state index >= 15 is 0 Å². The molecule has 0 aliphatic carbocycles. The van der Waals surface area contributed by atoms with E-state index in [4.69, 9.17) is 4.74 Å². The first-order valence-electron chi connectivity index (χ1n) is 7.64. The molecule has 0 radical (unpaired) electrons. The van der Waals surface area contributed by atoms with Gasteiger partial charge in [-0.1, -0.05) is 0 Å². The molecule has 3 fully saturated rings. The van der Waals surface area contributed by atoms with Gasteiger partial charge in [-0.2, -0.15) is 0 Å². The molecule has 2 unspecified atom stereocenters. The number of amides is 1. The van der Waals surface area contributed by atoms with Crippen LogP contribution in [0.15, 0.2) is 0 Å². The quantitative estimate of drug-likeness (QED) is 0.754. The smallest absolute Gasteiger partial charge is 0.234 e. The topological polar surface area (TPSA) is 53.6 Å². The zero-order valence-electron chi connectivity index (χ0n) is 11.6. The summed E-state index contributed by atoms with van der Waals surface area (Å²) in [6.45, 7) is 5.38. The van der Waals surface area contributed by atoms with E-state index in [9.17, 15) is 4.79 Å². The Bertz CT molecular complexity index is 304. The number of fused-ring (bicyclic) bond motifs is 1. The van der Waals surface area contributed by atoms with Crippen LogP contribution in [-0.4, -0.2) is 62.3 Å². The third kappa shape index (κ3) is 3.46. The summed E-state index contributed by atoms with van der Waals surface area (Å²) in [7, 11) is 0. The predicted octanol–water partition coefficient (Wildman–Crippen LogP) is -0.0346. The largest absolute Gasteiger partial charge is 0.381 e. The fourth-order valence-corrected chi connectivity index (χ4v) is 3.58. The summed E-state index contributed by atoms with van der Waals surface area (Å²) in [4.78, 5) is 14.4. The first-order valence-corrected chi connectivity index (χ1v) is 7.64. The van der Waals surface area contributed by atoms with Crippen LogP contribution in [0.3, 0.4) is 0 Å². The molecule has 2 N–H and O–H groups in total. The van der Waals surface area contributed by atoms with Crippen molar-refractivity contribution in [3.05, 3.63) is 0 Å². The van der Waals surface area contributed by atoms with Crippen molar-refractivity contribution in [3.8, 4) is 0 Å². The van der Waals surface area contributed by atoms with E-state index in [2.05, 4.69) is 15.5 Å². The van der Waals surface area contributed by atoms with Crippen LogP contribution in [0.4, 0.5) is 0 Å². The van der Waals surface area contributed by atoms with Crippen LogP contribution < -0.4 is 10.6 Å². The Morgan fingerprint density at radius 2 is 2.11 bits per heavy atom. The highest BCUT2D eigenvalue weighted by Crippen LogP contribution is 2.24. The minimum Gasteiger partial charge on any atom is -0.381 e. The maximum absolute atomic E-state index is 12.1. The molecule has 3 heterocycles. The van der Waals surface area contributed by atoms with Gasteiger partial charge in [0.1, 0.15) is 0 Å². The van der Waals surface area contributed by atoms with E-state index < -0.39 is 0 Å². The maximum Gasteiger partial charge on any atom is 0.234 e. The van der Waals surface area contributed by atoms with Gasteiger partial charge in [0.05, 0.1) is 6.54 Å². The van der Waals surface area contributed by atoms with Gasteiger partial charge in [0, 0.05) is 38.4 Å². The van der Waals surface area contributed by atoms with Crippen molar-refractivity contribution < 1.29 is 9.53 Å². The van der Waals surface area contributed by atoms with Gasteiger partial charge in [-0.15, -0.1) is 0 Å². The average molecular weight is 267 g/mol. The molecular weight excluding hydrogens is 242 g/mol. The van der Waals surface area contributed by atoms with Gasteiger partial charge in [-0.3, -0.25) is 9.69 Å².